The molecule has 162 valence electrons. The van der Waals surface area contributed by atoms with Crippen molar-refractivity contribution in [3.05, 3.63) is 46.7 Å². The number of carbonyl (C=O) groups excluding carboxylic acids is 1. The van der Waals surface area contributed by atoms with Crippen molar-refractivity contribution in [2.75, 3.05) is 13.3 Å². The van der Waals surface area contributed by atoms with Crippen molar-refractivity contribution in [1.29, 1.82) is 0 Å². The Labute approximate surface area is 182 Å². The second kappa shape index (κ2) is 8.19. The average molecular weight is 475 g/mol. The monoisotopic (exact) mass is 475 g/mol. The fourth-order valence-electron chi connectivity index (χ4n) is 3.16. The first kappa shape index (κ1) is 23.1. The molecule has 1 aliphatic carbocycles. The smallest absolute Gasteiger partial charge is 0.412 e. The predicted octanol–water partition coefficient (Wildman–Crippen LogP) is 6.36. The molecule has 0 fully saturated rings. The molecule has 1 aliphatic rings. The number of carbonyl (C=O) groups is 1. The lowest BCUT2D eigenvalue weighted by Crippen LogP contribution is -2.18. The second-order valence-corrected chi connectivity index (χ2v) is 12.9. The van der Waals surface area contributed by atoms with Gasteiger partial charge in [0.1, 0.15) is 10.8 Å². The zero-order valence-corrected chi connectivity index (χ0v) is 19.4. The number of thiazole rings is 1. The predicted molar refractivity (Wildman–Crippen MR) is 116 cm³/mol. The summed E-state index contributed by atoms with van der Waals surface area (Å²) < 4.78 is 48.5. The van der Waals surface area contributed by atoms with E-state index in [4.69, 9.17) is 20.9 Å². The molecule has 1 atom stereocenters. The molecule has 1 heterocycles. The third-order valence-corrected chi connectivity index (χ3v) is 7.17. The molecule has 1 unspecified atom stereocenters. The van der Waals surface area contributed by atoms with Gasteiger partial charge in [-0.05, 0) is 18.7 Å². The van der Waals surface area contributed by atoms with Crippen LogP contribution in [0.4, 0.5) is 13.2 Å². The quantitative estimate of drug-likeness (QED) is 0.455. The summed E-state index contributed by atoms with van der Waals surface area (Å²) in [5.74, 6) is 0.0855. The number of hydrogen-bond donors (Lipinski definition) is 0. The van der Waals surface area contributed by atoms with Crippen molar-refractivity contribution in [2.24, 2.45) is 5.41 Å². The molecule has 0 amide bonds. The largest absolute Gasteiger partial charge is 0.447 e. The van der Waals surface area contributed by atoms with E-state index in [0.29, 0.717) is 5.69 Å². The first-order valence-corrected chi connectivity index (χ1v) is 13.0. The maximum Gasteiger partial charge on any atom is 0.412 e. The molecule has 0 aliphatic heterocycles. The van der Waals surface area contributed by atoms with Gasteiger partial charge in [-0.25, -0.2) is 4.98 Å². The van der Waals surface area contributed by atoms with E-state index >= 15 is 0 Å². The lowest BCUT2D eigenvalue weighted by Gasteiger charge is -2.27. The van der Waals surface area contributed by atoms with Gasteiger partial charge >= 0.3 is 6.18 Å². The van der Waals surface area contributed by atoms with Gasteiger partial charge in [-0.1, -0.05) is 44.2 Å². The zero-order chi connectivity index (χ0) is 22.3. The molecule has 0 spiro atoms. The first-order chi connectivity index (χ1) is 13.8. The number of Topliss-reactive ketones (excluding diaryl/α,β-unsaturated/α-hetero) is 1. The molecule has 30 heavy (non-hydrogen) atoms. The molecule has 1 aromatic carbocycles. The molecule has 3 rings (SSSR count). The van der Waals surface area contributed by atoms with E-state index in [-0.39, 0.29) is 23.5 Å². The minimum Gasteiger partial charge on any atom is -0.447 e. The Bertz CT molecular complexity index is 1050. The molecule has 0 N–H and O–H groups in total. The fraction of sp³-hybridized carbons (Fsp3) is 0.400. The van der Waals surface area contributed by atoms with E-state index in [0.717, 1.165) is 15.4 Å². The van der Waals surface area contributed by atoms with Crippen LogP contribution < -0.4 is 0 Å². The number of halogens is 3. The summed E-state index contributed by atoms with van der Waals surface area (Å²) in [6, 6.07) is 9.54. The Hall–Kier alpha value is -1.54. The number of allylic oxidation sites excluding steroid dienone is 2. The Morgan fingerprint density at radius 1 is 1.27 bits per heavy atom. The van der Waals surface area contributed by atoms with E-state index in [1.54, 1.807) is 13.8 Å². The van der Waals surface area contributed by atoms with Crippen LogP contribution in [-0.2, 0) is 25.6 Å². The minimum atomic E-state index is -4.52. The topological polar surface area (TPSA) is 48.4 Å². The third kappa shape index (κ3) is 5.19. The van der Waals surface area contributed by atoms with Gasteiger partial charge in [0.05, 0.1) is 11.3 Å². The van der Waals surface area contributed by atoms with Crippen LogP contribution in [0.5, 0.6) is 0 Å². The third-order valence-electron chi connectivity index (χ3n) is 4.50. The van der Waals surface area contributed by atoms with E-state index in [2.05, 4.69) is 4.98 Å². The van der Waals surface area contributed by atoms with Crippen LogP contribution in [-0.4, -0.2) is 30.2 Å². The molecule has 0 saturated heterocycles. The Kier molecular flexibility index (Phi) is 6.31. The van der Waals surface area contributed by atoms with Gasteiger partial charge in [-0.3, -0.25) is 4.79 Å². The molecule has 0 saturated carbocycles. The van der Waals surface area contributed by atoms with Crippen molar-refractivity contribution >= 4 is 41.0 Å². The van der Waals surface area contributed by atoms with Gasteiger partial charge < -0.3 is 9.05 Å². The summed E-state index contributed by atoms with van der Waals surface area (Å²) in [4.78, 5) is 18.4. The highest BCUT2D eigenvalue weighted by atomic mass is 32.5. The normalized spacial score (nSPS) is 18.6. The van der Waals surface area contributed by atoms with Gasteiger partial charge in [0, 0.05) is 28.9 Å². The van der Waals surface area contributed by atoms with Crippen molar-refractivity contribution in [2.45, 2.75) is 33.4 Å². The Morgan fingerprint density at radius 2 is 1.90 bits per heavy atom. The highest BCUT2D eigenvalue weighted by Crippen LogP contribution is 2.56. The summed E-state index contributed by atoms with van der Waals surface area (Å²) >= 11 is 6.65. The van der Waals surface area contributed by atoms with E-state index < -0.39 is 24.7 Å². The molecule has 0 radical (unpaired) electrons. The number of rotatable bonds is 6. The molecule has 4 nitrogen and oxygen atoms in total. The van der Waals surface area contributed by atoms with Crippen molar-refractivity contribution in [1.82, 2.24) is 4.98 Å². The van der Waals surface area contributed by atoms with E-state index in [9.17, 15) is 18.0 Å². The average Bonchev–Trinajstić information content (AvgIpc) is 3.10. The van der Waals surface area contributed by atoms with Crippen LogP contribution in [0.2, 0.25) is 0 Å². The number of nitrogens with zero attached hydrogens (tertiary/aromatic N) is 1. The Morgan fingerprint density at radius 3 is 2.50 bits per heavy atom. The number of hydrogen-bond acceptors (Lipinski definition) is 6. The van der Waals surface area contributed by atoms with Crippen molar-refractivity contribution in [3.63, 3.8) is 0 Å². The summed E-state index contributed by atoms with van der Waals surface area (Å²) in [6.45, 7) is 2.00. The van der Waals surface area contributed by atoms with Gasteiger partial charge in [0.2, 0.25) is 6.49 Å². The molecule has 2 aromatic rings. The lowest BCUT2D eigenvalue weighted by atomic mass is 9.91. The molecular formula is C20H21F3NO3PS2. The van der Waals surface area contributed by atoms with Crippen LogP contribution in [0.25, 0.3) is 16.1 Å². The van der Waals surface area contributed by atoms with Crippen LogP contribution in [0.15, 0.2) is 36.1 Å². The molecule has 10 heteroatoms. The maximum atomic E-state index is 12.9. The van der Waals surface area contributed by atoms with Crippen molar-refractivity contribution < 1.29 is 27.0 Å². The summed E-state index contributed by atoms with van der Waals surface area (Å²) in [5.41, 5.74) is 0.952. The lowest BCUT2D eigenvalue weighted by molar-refractivity contribution is -0.153. The summed E-state index contributed by atoms with van der Waals surface area (Å²) in [6.07, 6.45) is -4.36. The number of alkyl halides is 3. The van der Waals surface area contributed by atoms with Crippen LogP contribution in [0.3, 0.4) is 0 Å². The number of ketones is 1. The van der Waals surface area contributed by atoms with E-state index in [1.807, 2.05) is 37.3 Å². The SMILES string of the molecule is Cc1sc(-c2ccccc2)nc1C1=C(OP(C)(=S)OCC(F)(F)F)C(C)(C)CC1=O. The first-order valence-electron chi connectivity index (χ1n) is 9.09. The summed E-state index contributed by atoms with van der Waals surface area (Å²) in [7, 11) is 0. The van der Waals surface area contributed by atoms with Crippen molar-refractivity contribution in [3.8, 4) is 10.6 Å². The molecule has 0 bridgehead atoms. The fourth-order valence-corrected chi connectivity index (χ4v) is 5.57. The standard InChI is InChI=1S/C20H21F3NO3PS2/c1-12-16(24-18(30-12)13-8-6-5-7-9-13)15-14(25)10-19(2,3)17(15)27-28(4,29)26-11-20(21,22)23/h5-9H,10-11H2,1-4H3. The van der Waals surface area contributed by atoms with Gasteiger partial charge in [-0.15, -0.1) is 11.3 Å². The van der Waals surface area contributed by atoms with Crippen LogP contribution in [0, 0.1) is 12.3 Å². The second-order valence-electron chi connectivity index (χ2n) is 7.73. The zero-order valence-electron chi connectivity index (χ0n) is 16.9. The van der Waals surface area contributed by atoms with E-state index in [1.165, 1.54) is 18.0 Å². The van der Waals surface area contributed by atoms with Crippen LogP contribution in [0.1, 0.15) is 30.8 Å². The highest BCUT2D eigenvalue weighted by Gasteiger charge is 2.44. The maximum absolute atomic E-state index is 12.9. The Balaban J connectivity index is 2.03. The van der Waals surface area contributed by atoms with Crippen LogP contribution >= 0.6 is 17.8 Å². The van der Waals surface area contributed by atoms with Gasteiger partial charge in [0.25, 0.3) is 0 Å². The highest BCUT2D eigenvalue weighted by molar-refractivity contribution is 8.09. The van der Waals surface area contributed by atoms with Gasteiger partial charge in [-0.2, -0.15) is 13.2 Å². The number of aryl methyl sites for hydroxylation is 1. The summed E-state index contributed by atoms with van der Waals surface area (Å²) in [5, 5.41) is 0.747. The number of benzene rings is 1. The minimum absolute atomic E-state index is 0.157. The molecule has 1 aromatic heterocycles. The van der Waals surface area contributed by atoms with Gasteiger partial charge in [0.15, 0.2) is 12.4 Å². The number of aromatic nitrogens is 1. The molecular weight excluding hydrogens is 454 g/mol.